The van der Waals surface area contributed by atoms with Crippen molar-refractivity contribution in [3.63, 3.8) is 0 Å². The Bertz CT molecular complexity index is 1270. The molecule has 158 valence electrons. The first-order valence-electron chi connectivity index (χ1n) is 9.92. The van der Waals surface area contributed by atoms with Gasteiger partial charge in [-0.15, -0.1) is 0 Å². The maximum atomic E-state index is 13.6. The zero-order valence-corrected chi connectivity index (χ0v) is 18.3. The van der Waals surface area contributed by atoms with Crippen LogP contribution in [0.3, 0.4) is 0 Å². The fourth-order valence-corrected chi connectivity index (χ4v) is 4.92. The summed E-state index contributed by atoms with van der Waals surface area (Å²) in [6, 6.07) is 11.0. The van der Waals surface area contributed by atoms with E-state index in [1.807, 2.05) is 24.3 Å². The standard InChI is InChI=1S/C22H19ClN4O3S/c1-29-18-9-8-14(23)20-19(18)26-22(31-20)27(12-13-5-4-10-30-13)21(28)17-11-24-15-6-2-3-7-16(15)25-17/h2-3,6-9,11,13H,4-5,10,12H2,1H3. The van der Waals surface area contributed by atoms with Crippen molar-refractivity contribution < 1.29 is 14.3 Å². The number of halogens is 1. The minimum atomic E-state index is -0.275. The molecule has 1 fully saturated rings. The van der Waals surface area contributed by atoms with Crippen LogP contribution in [-0.4, -0.2) is 47.2 Å². The molecule has 31 heavy (non-hydrogen) atoms. The summed E-state index contributed by atoms with van der Waals surface area (Å²) in [6.07, 6.45) is 3.32. The summed E-state index contributed by atoms with van der Waals surface area (Å²) in [6.45, 7) is 1.08. The molecule has 1 atom stereocenters. The summed E-state index contributed by atoms with van der Waals surface area (Å²) >= 11 is 7.75. The van der Waals surface area contributed by atoms with E-state index in [1.54, 1.807) is 24.1 Å². The first kappa shape index (κ1) is 20.1. The second-order valence-electron chi connectivity index (χ2n) is 7.22. The van der Waals surface area contributed by atoms with Crippen molar-refractivity contribution in [3.05, 3.63) is 53.3 Å². The molecule has 1 amide bonds. The molecule has 0 spiro atoms. The number of methoxy groups -OCH3 is 1. The maximum Gasteiger partial charge on any atom is 0.280 e. The van der Waals surface area contributed by atoms with E-state index in [4.69, 9.17) is 26.1 Å². The highest BCUT2D eigenvalue weighted by atomic mass is 35.5. The van der Waals surface area contributed by atoms with E-state index in [0.717, 1.165) is 23.1 Å². The Kier molecular flexibility index (Phi) is 5.43. The Balaban J connectivity index is 1.58. The molecule has 0 aliphatic carbocycles. The molecule has 0 saturated carbocycles. The predicted molar refractivity (Wildman–Crippen MR) is 121 cm³/mol. The average Bonchev–Trinajstić information content (AvgIpc) is 3.47. The number of anilines is 1. The van der Waals surface area contributed by atoms with Crippen molar-refractivity contribution >= 4 is 55.2 Å². The van der Waals surface area contributed by atoms with Gasteiger partial charge < -0.3 is 9.47 Å². The van der Waals surface area contributed by atoms with E-state index in [-0.39, 0.29) is 17.7 Å². The van der Waals surface area contributed by atoms with Crippen LogP contribution in [0.4, 0.5) is 5.13 Å². The second-order valence-corrected chi connectivity index (χ2v) is 8.60. The number of amides is 1. The van der Waals surface area contributed by atoms with Crippen molar-refractivity contribution in [2.75, 3.05) is 25.2 Å². The van der Waals surface area contributed by atoms with Gasteiger partial charge in [0.25, 0.3) is 5.91 Å². The molecular weight excluding hydrogens is 436 g/mol. The summed E-state index contributed by atoms with van der Waals surface area (Å²) in [5.41, 5.74) is 2.29. The van der Waals surface area contributed by atoms with Gasteiger partial charge in [-0.05, 0) is 37.1 Å². The zero-order chi connectivity index (χ0) is 21.4. The fraction of sp³-hybridized carbons (Fsp3) is 0.273. The number of benzene rings is 2. The first-order valence-corrected chi connectivity index (χ1v) is 11.1. The van der Waals surface area contributed by atoms with Gasteiger partial charge in [0.2, 0.25) is 0 Å². The van der Waals surface area contributed by atoms with Crippen LogP contribution in [0.2, 0.25) is 5.02 Å². The maximum absolute atomic E-state index is 13.6. The van der Waals surface area contributed by atoms with E-state index in [2.05, 4.69) is 9.97 Å². The lowest BCUT2D eigenvalue weighted by Crippen LogP contribution is -2.38. The van der Waals surface area contributed by atoms with Crippen LogP contribution in [0, 0.1) is 0 Å². The molecule has 0 radical (unpaired) electrons. The third-order valence-corrected chi connectivity index (χ3v) is 6.76. The van der Waals surface area contributed by atoms with Gasteiger partial charge >= 0.3 is 0 Å². The molecule has 1 unspecified atom stereocenters. The summed E-state index contributed by atoms with van der Waals surface area (Å²) in [5, 5.41) is 1.09. The highest BCUT2D eigenvalue weighted by Crippen LogP contribution is 2.39. The summed E-state index contributed by atoms with van der Waals surface area (Å²) in [7, 11) is 1.58. The number of carbonyl (C=O) groups excluding carboxylic acids is 1. The lowest BCUT2D eigenvalue weighted by Gasteiger charge is -2.22. The number of carbonyl (C=O) groups is 1. The van der Waals surface area contributed by atoms with Crippen LogP contribution in [0.25, 0.3) is 21.3 Å². The minimum absolute atomic E-state index is 0.0539. The molecule has 9 heteroatoms. The Morgan fingerprint density at radius 2 is 2.10 bits per heavy atom. The number of hydrogen-bond acceptors (Lipinski definition) is 7. The Morgan fingerprint density at radius 3 is 2.87 bits per heavy atom. The van der Waals surface area contributed by atoms with E-state index >= 15 is 0 Å². The van der Waals surface area contributed by atoms with Gasteiger partial charge in [-0.2, -0.15) is 0 Å². The predicted octanol–water partition coefficient (Wildman–Crippen LogP) is 4.73. The first-order chi connectivity index (χ1) is 15.1. The van der Waals surface area contributed by atoms with Gasteiger partial charge in [0.05, 0.1) is 46.7 Å². The number of thiazole rings is 1. The van der Waals surface area contributed by atoms with Gasteiger partial charge in [0.15, 0.2) is 5.13 Å². The van der Waals surface area contributed by atoms with Gasteiger partial charge in [0, 0.05) is 6.61 Å². The normalized spacial score (nSPS) is 16.1. The van der Waals surface area contributed by atoms with Gasteiger partial charge in [-0.25, -0.2) is 9.97 Å². The SMILES string of the molecule is COc1ccc(Cl)c2sc(N(CC3CCCO3)C(=O)c3cnc4ccccc4n3)nc12. The monoisotopic (exact) mass is 454 g/mol. The Hall–Kier alpha value is -2.81. The Morgan fingerprint density at radius 1 is 1.26 bits per heavy atom. The fourth-order valence-electron chi connectivity index (χ4n) is 3.66. The number of rotatable bonds is 5. The number of aromatic nitrogens is 3. The third-order valence-electron chi connectivity index (χ3n) is 5.22. The second kappa shape index (κ2) is 8.37. The Labute approximate surface area is 187 Å². The van der Waals surface area contributed by atoms with E-state index in [0.29, 0.717) is 40.1 Å². The molecule has 0 N–H and O–H groups in total. The number of nitrogens with zero attached hydrogens (tertiary/aromatic N) is 4. The van der Waals surface area contributed by atoms with Gasteiger partial charge in [-0.1, -0.05) is 35.1 Å². The summed E-state index contributed by atoms with van der Waals surface area (Å²) < 4.78 is 12.0. The minimum Gasteiger partial charge on any atom is -0.494 e. The molecule has 1 aliphatic rings. The van der Waals surface area contributed by atoms with Crippen molar-refractivity contribution in [2.45, 2.75) is 18.9 Å². The largest absolute Gasteiger partial charge is 0.494 e. The van der Waals surface area contributed by atoms with Gasteiger partial charge in [-0.3, -0.25) is 14.7 Å². The lowest BCUT2D eigenvalue weighted by atomic mass is 10.2. The van der Waals surface area contributed by atoms with E-state index < -0.39 is 0 Å². The number of ether oxygens (including phenoxy) is 2. The van der Waals surface area contributed by atoms with Crippen LogP contribution >= 0.6 is 22.9 Å². The van der Waals surface area contributed by atoms with Crippen molar-refractivity contribution in [3.8, 4) is 5.75 Å². The molecule has 2 aromatic heterocycles. The molecule has 7 nitrogen and oxygen atoms in total. The van der Waals surface area contributed by atoms with E-state index in [9.17, 15) is 4.79 Å². The molecule has 5 rings (SSSR count). The highest BCUT2D eigenvalue weighted by molar-refractivity contribution is 7.23. The summed E-state index contributed by atoms with van der Waals surface area (Å²) in [4.78, 5) is 28.8. The smallest absolute Gasteiger partial charge is 0.280 e. The van der Waals surface area contributed by atoms with Crippen LogP contribution < -0.4 is 9.64 Å². The average molecular weight is 455 g/mol. The molecule has 0 bridgehead atoms. The molecule has 3 heterocycles. The topological polar surface area (TPSA) is 77.4 Å². The molecule has 2 aromatic carbocycles. The highest BCUT2D eigenvalue weighted by Gasteiger charge is 2.29. The molecular formula is C22H19ClN4O3S. The third kappa shape index (κ3) is 3.82. The number of para-hydroxylation sites is 2. The number of fused-ring (bicyclic) bond motifs is 2. The van der Waals surface area contributed by atoms with E-state index in [1.165, 1.54) is 17.5 Å². The number of hydrogen-bond donors (Lipinski definition) is 0. The molecule has 1 saturated heterocycles. The molecule has 1 aliphatic heterocycles. The molecule has 4 aromatic rings. The van der Waals surface area contributed by atoms with Crippen LogP contribution in [0.1, 0.15) is 23.3 Å². The summed E-state index contributed by atoms with van der Waals surface area (Å²) in [5.74, 6) is 0.333. The lowest BCUT2D eigenvalue weighted by molar-refractivity contribution is 0.0913. The zero-order valence-electron chi connectivity index (χ0n) is 16.7. The van der Waals surface area contributed by atoms with Crippen molar-refractivity contribution in [2.24, 2.45) is 0 Å². The van der Waals surface area contributed by atoms with Gasteiger partial charge in [0.1, 0.15) is 17.0 Å². The quantitative estimate of drug-likeness (QED) is 0.434. The van der Waals surface area contributed by atoms with Crippen LogP contribution in [0.15, 0.2) is 42.6 Å². The van der Waals surface area contributed by atoms with Crippen molar-refractivity contribution in [1.29, 1.82) is 0 Å². The van der Waals surface area contributed by atoms with Crippen LogP contribution in [0.5, 0.6) is 5.75 Å². The van der Waals surface area contributed by atoms with Crippen LogP contribution in [-0.2, 0) is 4.74 Å². The van der Waals surface area contributed by atoms with Crippen molar-refractivity contribution in [1.82, 2.24) is 15.0 Å².